The molecular formula is C15H15F2N3O. The third-order valence-electron chi connectivity index (χ3n) is 3.88. The maximum atomic E-state index is 13.1. The SMILES string of the molecule is O=C(c1cnnc2ccccc12)N1CCCCC1C(F)F. The molecule has 2 heterocycles. The Kier molecular flexibility index (Phi) is 3.77. The summed E-state index contributed by atoms with van der Waals surface area (Å²) in [6.45, 7) is 0.366. The van der Waals surface area contributed by atoms with E-state index in [1.54, 1.807) is 24.3 Å². The van der Waals surface area contributed by atoms with Crippen LogP contribution in [0.1, 0.15) is 29.6 Å². The van der Waals surface area contributed by atoms with Gasteiger partial charge < -0.3 is 4.90 Å². The number of halogens is 2. The van der Waals surface area contributed by atoms with Crippen LogP contribution >= 0.6 is 0 Å². The molecule has 1 unspecified atom stereocenters. The van der Waals surface area contributed by atoms with E-state index in [0.29, 0.717) is 29.4 Å². The second kappa shape index (κ2) is 5.71. The first-order chi connectivity index (χ1) is 10.2. The first-order valence-electron chi connectivity index (χ1n) is 6.98. The molecule has 0 bridgehead atoms. The molecule has 1 aliphatic heterocycles. The van der Waals surface area contributed by atoms with Gasteiger partial charge in [-0.2, -0.15) is 10.2 Å². The average Bonchev–Trinajstić information content (AvgIpc) is 2.53. The fourth-order valence-corrected chi connectivity index (χ4v) is 2.80. The number of amides is 1. The van der Waals surface area contributed by atoms with E-state index in [0.717, 1.165) is 12.8 Å². The molecule has 0 N–H and O–H groups in total. The molecule has 1 fully saturated rings. The number of rotatable bonds is 2. The quantitative estimate of drug-likeness (QED) is 0.854. The molecule has 0 spiro atoms. The van der Waals surface area contributed by atoms with Gasteiger partial charge in [0.15, 0.2) is 0 Å². The first kappa shape index (κ1) is 13.9. The van der Waals surface area contributed by atoms with Gasteiger partial charge in [-0.3, -0.25) is 4.79 Å². The molecule has 1 aromatic carbocycles. The van der Waals surface area contributed by atoms with Crippen molar-refractivity contribution >= 4 is 16.8 Å². The molecule has 3 rings (SSSR count). The third kappa shape index (κ3) is 2.57. The fraction of sp³-hybridized carbons (Fsp3) is 0.400. The fourth-order valence-electron chi connectivity index (χ4n) is 2.80. The Hall–Kier alpha value is -2.11. The summed E-state index contributed by atoms with van der Waals surface area (Å²) in [6, 6.07) is 6.10. The van der Waals surface area contributed by atoms with Crippen molar-refractivity contribution in [2.45, 2.75) is 31.7 Å². The lowest BCUT2D eigenvalue weighted by atomic mass is 10.0. The van der Waals surface area contributed by atoms with Gasteiger partial charge in [-0.1, -0.05) is 18.2 Å². The summed E-state index contributed by atoms with van der Waals surface area (Å²) in [4.78, 5) is 13.9. The predicted molar refractivity (Wildman–Crippen MR) is 74.2 cm³/mol. The average molecular weight is 291 g/mol. The Morgan fingerprint density at radius 3 is 2.90 bits per heavy atom. The van der Waals surface area contributed by atoms with Crippen molar-refractivity contribution in [1.29, 1.82) is 0 Å². The van der Waals surface area contributed by atoms with Gasteiger partial charge in [0.05, 0.1) is 23.3 Å². The summed E-state index contributed by atoms with van der Waals surface area (Å²) in [5.74, 6) is -0.383. The number of carbonyl (C=O) groups excluding carboxylic acids is 1. The summed E-state index contributed by atoms with van der Waals surface area (Å²) in [6.07, 6.45) is 0.677. The standard InChI is InChI=1S/C15H15F2N3O/c16-14(17)13-7-3-4-8-20(13)15(21)11-9-18-19-12-6-2-1-5-10(11)12/h1-2,5-6,9,13-14H,3-4,7-8H2. The van der Waals surface area contributed by atoms with Crippen molar-refractivity contribution in [2.75, 3.05) is 6.54 Å². The number of carbonyl (C=O) groups is 1. The largest absolute Gasteiger partial charge is 0.330 e. The maximum absolute atomic E-state index is 13.1. The number of benzene rings is 1. The highest BCUT2D eigenvalue weighted by atomic mass is 19.3. The highest BCUT2D eigenvalue weighted by molar-refractivity contribution is 6.05. The zero-order valence-corrected chi connectivity index (χ0v) is 11.4. The van der Waals surface area contributed by atoms with Gasteiger partial charge in [0.25, 0.3) is 12.3 Å². The molecule has 0 saturated carbocycles. The van der Waals surface area contributed by atoms with Crippen molar-refractivity contribution in [3.8, 4) is 0 Å². The number of likely N-dealkylation sites (tertiary alicyclic amines) is 1. The maximum Gasteiger partial charge on any atom is 0.258 e. The highest BCUT2D eigenvalue weighted by Crippen LogP contribution is 2.26. The number of piperidine rings is 1. The Labute approximate surface area is 120 Å². The van der Waals surface area contributed by atoms with E-state index in [1.807, 2.05) is 0 Å². The van der Waals surface area contributed by atoms with Crippen LogP contribution in [0.3, 0.4) is 0 Å². The number of aromatic nitrogens is 2. The second-order valence-corrected chi connectivity index (χ2v) is 5.17. The minimum atomic E-state index is -2.52. The van der Waals surface area contributed by atoms with E-state index in [9.17, 15) is 13.6 Å². The summed E-state index contributed by atoms with van der Waals surface area (Å²) in [7, 11) is 0. The summed E-state index contributed by atoms with van der Waals surface area (Å²) in [5, 5.41) is 8.42. The Morgan fingerprint density at radius 1 is 1.29 bits per heavy atom. The van der Waals surface area contributed by atoms with E-state index in [2.05, 4.69) is 10.2 Å². The van der Waals surface area contributed by atoms with E-state index in [-0.39, 0.29) is 5.91 Å². The molecule has 21 heavy (non-hydrogen) atoms. The molecule has 1 saturated heterocycles. The van der Waals surface area contributed by atoms with Crippen LogP contribution in [-0.2, 0) is 0 Å². The van der Waals surface area contributed by atoms with Crippen molar-refractivity contribution < 1.29 is 13.6 Å². The lowest BCUT2D eigenvalue weighted by Crippen LogP contribution is -2.47. The van der Waals surface area contributed by atoms with E-state index in [4.69, 9.17) is 0 Å². The lowest BCUT2D eigenvalue weighted by molar-refractivity contribution is 0.00693. The molecule has 6 heteroatoms. The van der Waals surface area contributed by atoms with Crippen molar-refractivity contribution in [3.05, 3.63) is 36.0 Å². The smallest absolute Gasteiger partial charge is 0.258 e. The monoisotopic (exact) mass is 291 g/mol. The molecular weight excluding hydrogens is 276 g/mol. The van der Waals surface area contributed by atoms with E-state index < -0.39 is 12.5 Å². The van der Waals surface area contributed by atoms with Crippen molar-refractivity contribution in [1.82, 2.24) is 15.1 Å². The van der Waals surface area contributed by atoms with Crippen LogP contribution in [0.5, 0.6) is 0 Å². The van der Waals surface area contributed by atoms with E-state index in [1.165, 1.54) is 11.1 Å². The van der Waals surface area contributed by atoms with Crippen molar-refractivity contribution in [3.63, 3.8) is 0 Å². The zero-order valence-electron chi connectivity index (χ0n) is 11.4. The molecule has 0 radical (unpaired) electrons. The number of hydrogen-bond donors (Lipinski definition) is 0. The van der Waals surface area contributed by atoms with Crippen LogP contribution in [-0.4, -0.2) is 40.0 Å². The topological polar surface area (TPSA) is 46.1 Å². The van der Waals surface area contributed by atoms with Crippen LogP contribution in [0.4, 0.5) is 8.78 Å². The summed E-state index contributed by atoms with van der Waals surface area (Å²) < 4.78 is 26.3. The first-order valence-corrected chi connectivity index (χ1v) is 6.98. The lowest BCUT2D eigenvalue weighted by Gasteiger charge is -2.35. The predicted octanol–water partition coefficient (Wildman–Crippen LogP) is 2.89. The van der Waals surface area contributed by atoms with Crippen LogP contribution in [0, 0.1) is 0 Å². The van der Waals surface area contributed by atoms with Crippen LogP contribution in [0.2, 0.25) is 0 Å². The highest BCUT2D eigenvalue weighted by Gasteiger charge is 2.34. The van der Waals surface area contributed by atoms with Gasteiger partial charge in [0.1, 0.15) is 0 Å². The Balaban J connectivity index is 1.99. The summed E-state index contributed by atoms with van der Waals surface area (Å²) in [5.41, 5.74) is 0.933. The molecule has 4 nitrogen and oxygen atoms in total. The van der Waals surface area contributed by atoms with Crippen molar-refractivity contribution in [2.24, 2.45) is 0 Å². The normalized spacial score (nSPS) is 19.2. The molecule has 1 amide bonds. The van der Waals surface area contributed by atoms with Crippen LogP contribution in [0.25, 0.3) is 10.9 Å². The minimum Gasteiger partial charge on any atom is -0.330 e. The van der Waals surface area contributed by atoms with Gasteiger partial charge >= 0.3 is 0 Å². The van der Waals surface area contributed by atoms with Gasteiger partial charge in [0.2, 0.25) is 0 Å². The number of fused-ring (bicyclic) bond motifs is 1. The number of hydrogen-bond acceptors (Lipinski definition) is 3. The van der Waals surface area contributed by atoms with E-state index >= 15 is 0 Å². The van der Waals surface area contributed by atoms with Gasteiger partial charge in [-0.05, 0) is 25.3 Å². The van der Waals surface area contributed by atoms with Gasteiger partial charge in [-0.15, -0.1) is 0 Å². The molecule has 1 aliphatic rings. The number of alkyl halides is 2. The Morgan fingerprint density at radius 2 is 2.10 bits per heavy atom. The summed E-state index contributed by atoms with van der Waals surface area (Å²) >= 11 is 0. The third-order valence-corrected chi connectivity index (χ3v) is 3.88. The number of nitrogens with zero attached hydrogens (tertiary/aromatic N) is 3. The Bertz CT molecular complexity index is 657. The molecule has 2 aromatic rings. The minimum absolute atomic E-state index is 0.341. The van der Waals surface area contributed by atoms with Gasteiger partial charge in [-0.25, -0.2) is 8.78 Å². The molecule has 0 aliphatic carbocycles. The molecule has 1 atom stereocenters. The second-order valence-electron chi connectivity index (χ2n) is 5.17. The van der Waals surface area contributed by atoms with Crippen LogP contribution in [0.15, 0.2) is 30.5 Å². The zero-order chi connectivity index (χ0) is 14.8. The van der Waals surface area contributed by atoms with Crippen LogP contribution < -0.4 is 0 Å². The molecule has 1 aromatic heterocycles. The van der Waals surface area contributed by atoms with Gasteiger partial charge in [0, 0.05) is 11.9 Å². The molecule has 110 valence electrons.